The van der Waals surface area contributed by atoms with Crippen LogP contribution in [0.15, 0.2) is 30.3 Å². The van der Waals surface area contributed by atoms with Gasteiger partial charge in [0.1, 0.15) is 31.0 Å². The van der Waals surface area contributed by atoms with Gasteiger partial charge in [-0.3, -0.25) is 4.79 Å². The molecule has 0 aromatic heterocycles. The Morgan fingerprint density at radius 2 is 2.00 bits per heavy atom. The summed E-state index contributed by atoms with van der Waals surface area (Å²) in [6, 6.07) is 9.69. The van der Waals surface area contributed by atoms with Crippen molar-refractivity contribution in [2.24, 2.45) is 0 Å². The molecule has 0 radical (unpaired) electrons. The summed E-state index contributed by atoms with van der Waals surface area (Å²) < 4.78 is 28.3. The molecule has 5 unspecified atom stereocenters. The molecule has 1 aromatic carbocycles. The number of carbonyl (C=O) groups excluding carboxylic acids is 1. The molecule has 5 atom stereocenters. The van der Waals surface area contributed by atoms with Crippen LogP contribution in [-0.4, -0.2) is 54.2 Å². The lowest BCUT2D eigenvalue weighted by molar-refractivity contribution is -0.232. The first kappa shape index (κ1) is 18.3. The minimum absolute atomic E-state index is 0.173. The average Bonchev–Trinajstić information content (AvgIpc) is 3.03. The van der Waals surface area contributed by atoms with Gasteiger partial charge in [-0.25, -0.2) is 0 Å². The monoisotopic (exact) mass is 352 g/mol. The highest BCUT2D eigenvalue weighted by molar-refractivity contribution is 5.65. The van der Waals surface area contributed by atoms with Crippen molar-refractivity contribution in [2.45, 2.75) is 63.9 Å². The molecule has 0 spiro atoms. The van der Waals surface area contributed by atoms with Crippen LogP contribution < -0.4 is 0 Å². The van der Waals surface area contributed by atoms with Crippen molar-refractivity contribution in [3.05, 3.63) is 35.9 Å². The lowest BCUT2D eigenvalue weighted by Gasteiger charge is -2.28. The summed E-state index contributed by atoms with van der Waals surface area (Å²) >= 11 is 0. The van der Waals surface area contributed by atoms with Gasteiger partial charge >= 0.3 is 5.97 Å². The van der Waals surface area contributed by atoms with E-state index in [1.54, 1.807) is 13.8 Å². The Balaban J connectivity index is 1.69. The third kappa shape index (κ3) is 4.37. The Kier molecular flexibility index (Phi) is 5.41. The van der Waals surface area contributed by atoms with E-state index in [0.717, 1.165) is 5.56 Å². The van der Waals surface area contributed by atoms with E-state index >= 15 is 0 Å². The fourth-order valence-corrected chi connectivity index (χ4v) is 3.07. The van der Waals surface area contributed by atoms with Gasteiger partial charge in [-0.1, -0.05) is 30.3 Å². The number of aliphatic hydroxyl groups is 1. The van der Waals surface area contributed by atoms with Crippen molar-refractivity contribution >= 4 is 5.97 Å². The molecule has 2 fully saturated rings. The van der Waals surface area contributed by atoms with Crippen LogP contribution in [0.5, 0.6) is 0 Å². The predicted molar refractivity (Wildman–Crippen MR) is 86.4 cm³/mol. The highest BCUT2D eigenvalue weighted by Crippen LogP contribution is 2.40. The van der Waals surface area contributed by atoms with E-state index in [-0.39, 0.29) is 6.61 Å². The van der Waals surface area contributed by atoms with E-state index in [9.17, 15) is 9.90 Å². The van der Waals surface area contributed by atoms with E-state index in [2.05, 4.69) is 0 Å². The topological polar surface area (TPSA) is 83.5 Å². The third-order valence-corrected chi connectivity index (χ3v) is 4.15. The highest BCUT2D eigenvalue weighted by Gasteiger charge is 2.57. The quantitative estimate of drug-likeness (QED) is 0.774. The van der Waals surface area contributed by atoms with Crippen LogP contribution in [0.2, 0.25) is 0 Å². The molecule has 25 heavy (non-hydrogen) atoms. The highest BCUT2D eigenvalue weighted by atomic mass is 16.8. The summed E-state index contributed by atoms with van der Waals surface area (Å²) in [5.74, 6) is -1.25. The summed E-state index contributed by atoms with van der Waals surface area (Å²) in [7, 11) is 0. The lowest BCUT2D eigenvalue weighted by atomic mass is 10.1. The van der Waals surface area contributed by atoms with E-state index in [4.69, 9.17) is 23.7 Å². The van der Waals surface area contributed by atoms with Gasteiger partial charge in [-0.15, -0.1) is 0 Å². The molecule has 2 heterocycles. The first-order chi connectivity index (χ1) is 11.9. The molecule has 7 nitrogen and oxygen atoms in total. The van der Waals surface area contributed by atoms with Crippen LogP contribution in [0.1, 0.15) is 26.3 Å². The SMILES string of the molecule is CC(=O)OCC(O)C1OC2OC(C)(C)OC2C1OCc1ccccc1. The maximum Gasteiger partial charge on any atom is 0.302 e. The molecule has 0 saturated carbocycles. The fourth-order valence-electron chi connectivity index (χ4n) is 3.07. The average molecular weight is 352 g/mol. The second kappa shape index (κ2) is 7.39. The molecule has 0 aliphatic carbocycles. The maximum atomic E-state index is 11.0. The van der Waals surface area contributed by atoms with E-state index in [0.29, 0.717) is 6.61 Å². The molecule has 138 valence electrons. The maximum absolute atomic E-state index is 11.0. The van der Waals surface area contributed by atoms with Crippen molar-refractivity contribution < 1.29 is 33.6 Å². The van der Waals surface area contributed by atoms with Crippen molar-refractivity contribution in [3.8, 4) is 0 Å². The number of hydrogen-bond donors (Lipinski definition) is 1. The number of esters is 1. The summed E-state index contributed by atoms with van der Waals surface area (Å²) in [4.78, 5) is 11.0. The number of aliphatic hydroxyl groups excluding tert-OH is 1. The number of rotatable bonds is 6. The Morgan fingerprint density at radius 3 is 2.68 bits per heavy atom. The number of hydrogen-bond acceptors (Lipinski definition) is 7. The van der Waals surface area contributed by atoms with Gasteiger partial charge in [0.05, 0.1) is 6.61 Å². The van der Waals surface area contributed by atoms with Gasteiger partial charge < -0.3 is 28.8 Å². The van der Waals surface area contributed by atoms with Gasteiger partial charge in [0.2, 0.25) is 0 Å². The van der Waals surface area contributed by atoms with Gasteiger partial charge in [0.15, 0.2) is 12.1 Å². The number of fused-ring (bicyclic) bond motifs is 1. The molecule has 0 bridgehead atoms. The standard InChI is InChI=1S/C18H24O7/c1-11(19)21-10-13(20)14-15(22-9-12-7-5-4-6-8-12)16-17(23-14)25-18(2,3)24-16/h4-8,13-17,20H,9-10H2,1-3H3. The Hall–Kier alpha value is -1.51. The van der Waals surface area contributed by atoms with Gasteiger partial charge in [-0.2, -0.15) is 0 Å². The van der Waals surface area contributed by atoms with Crippen LogP contribution in [0.25, 0.3) is 0 Å². The molecule has 2 aliphatic heterocycles. The first-order valence-electron chi connectivity index (χ1n) is 8.34. The molecular weight excluding hydrogens is 328 g/mol. The smallest absolute Gasteiger partial charge is 0.302 e. The largest absolute Gasteiger partial charge is 0.463 e. The molecule has 1 aromatic rings. The molecule has 1 N–H and O–H groups in total. The molecule has 7 heteroatoms. The second-order valence-electron chi connectivity index (χ2n) is 6.70. The first-order valence-corrected chi connectivity index (χ1v) is 8.34. The van der Waals surface area contributed by atoms with Crippen molar-refractivity contribution in [1.29, 1.82) is 0 Å². The Morgan fingerprint density at radius 1 is 1.28 bits per heavy atom. The summed E-state index contributed by atoms with van der Waals surface area (Å²) in [6.07, 6.45) is -3.39. The predicted octanol–water partition coefficient (Wildman–Crippen LogP) is 1.37. The van der Waals surface area contributed by atoms with Gasteiger partial charge in [0, 0.05) is 6.92 Å². The molecule has 0 amide bonds. The van der Waals surface area contributed by atoms with Crippen molar-refractivity contribution in [1.82, 2.24) is 0 Å². The zero-order valence-corrected chi connectivity index (χ0v) is 14.6. The van der Waals surface area contributed by atoms with Crippen LogP contribution in [0, 0.1) is 0 Å². The number of benzene rings is 1. The molecule has 2 aliphatic rings. The number of carbonyl (C=O) groups is 1. The van der Waals surface area contributed by atoms with Crippen molar-refractivity contribution in [3.63, 3.8) is 0 Å². The minimum atomic E-state index is -1.04. The third-order valence-electron chi connectivity index (χ3n) is 4.15. The van der Waals surface area contributed by atoms with Crippen LogP contribution in [-0.2, 0) is 35.1 Å². The van der Waals surface area contributed by atoms with Gasteiger partial charge in [-0.05, 0) is 19.4 Å². The Bertz CT molecular complexity index is 588. The van der Waals surface area contributed by atoms with Gasteiger partial charge in [0.25, 0.3) is 0 Å². The Labute approximate surface area is 146 Å². The second-order valence-corrected chi connectivity index (χ2v) is 6.70. The zero-order valence-electron chi connectivity index (χ0n) is 14.6. The zero-order chi connectivity index (χ0) is 18.0. The van der Waals surface area contributed by atoms with Crippen LogP contribution >= 0.6 is 0 Å². The van der Waals surface area contributed by atoms with E-state index in [1.165, 1.54) is 6.92 Å². The summed E-state index contributed by atoms with van der Waals surface area (Å²) in [5.41, 5.74) is 0.998. The fraction of sp³-hybridized carbons (Fsp3) is 0.611. The summed E-state index contributed by atoms with van der Waals surface area (Å²) in [5, 5.41) is 10.4. The number of ether oxygens (including phenoxy) is 5. The summed E-state index contributed by atoms with van der Waals surface area (Å²) in [6.45, 7) is 5.06. The molecule has 3 rings (SSSR count). The van der Waals surface area contributed by atoms with E-state index < -0.39 is 42.5 Å². The lowest BCUT2D eigenvalue weighted by Crippen LogP contribution is -2.44. The van der Waals surface area contributed by atoms with Crippen molar-refractivity contribution in [2.75, 3.05) is 6.61 Å². The normalized spacial score (nSPS) is 31.5. The van der Waals surface area contributed by atoms with Crippen LogP contribution in [0.4, 0.5) is 0 Å². The van der Waals surface area contributed by atoms with E-state index in [1.807, 2.05) is 30.3 Å². The molecule has 2 saturated heterocycles. The molecular formula is C18H24O7. The van der Waals surface area contributed by atoms with Crippen LogP contribution in [0.3, 0.4) is 0 Å². The minimum Gasteiger partial charge on any atom is -0.463 e.